The molecule has 0 amide bonds. The number of carbonyl (C=O) groups is 1. The molecule has 2 aliphatic rings. The van der Waals surface area contributed by atoms with Gasteiger partial charge < -0.3 is 9.47 Å². The highest BCUT2D eigenvalue weighted by Gasteiger charge is 2.44. The molecule has 0 spiro atoms. The van der Waals surface area contributed by atoms with Crippen LogP contribution in [0.1, 0.15) is 68.4 Å². The van der Waals surface area contributed by atoms with Gasteiger partial charge in [0.2, 0.25) is 0 Å². The van der Waals surface area contributed by atoms with E-state index < -0.39 is 0 Å². The molecule has 1 aromatic heterocycles. The Morgan fingerprint density at radius 1 is 1.05 bits per heavy atom. The molecule has 1 saturated heterocycles. The Hall–Kier alpha value is -3.78. The van der Waals surface area contributed by atoms with Crippen LogP contribution in [0.2, 0.25) is 0 Å². The van der Waals surface area contributed by atoms with Crippen LogP contribution in [-0.2, 0) is 6.54 Å². The van der Waals surface area contributed by atoms with Crippen LogP contribution < -0.4 is 9.47 Å². The van der Waals surface area contributed by atoms with Crippen molar-refractivity contribution in [3.05, 3.63) is 71.5 Å². The summed E-state index contributed by atoms with van der Waals surface area (Å²) in [5, 5.41) is 8.55. The quantitative estimate of drug-likeness (QED) is 0.190. The lowest BCUT2D eigenvalue weighted by Gasteiger charge is -2.25. The van der Waals surface area contributed by atoms with Crippen LogP contribution >= 0.6 is 0 Å². The van der Waals surface area contributed by atoms with Gasteiger partial charge >= 0.3 is 0 Å². The standard InChI is InChI=1S/C34H39FN4O3/c1-5-42-33-17-22(16-32(41-4)34(33)23-6-10-26(35)11-7-23)20-38-15-14-27-24(8-12-29(27)38)19-31(40)25-9-13-30-28(18-25)36-37-39(30)21(2)3/h6-7,9-11,13,16-18,21,24,27,29H,5,8,12,14-15,19-20H2,1-4H3/t24?,27-,29+/m0/s1. The van der Waals surface area contributed by atoms with Gasteiger partial charge in [-0.15, -0.1) is 5.10 Å². The van der Waals surface area contributed by atoms with Crippen molar-refractivity contribution in [3.8, 4) is 22.6 Å². The zero-order chi connectivity index (χ0) is 29.4. The van der Waals surface area contributed by atoms with Crippen molar-refractivity contribution in [3.63, 3.8) is 0 Å². The van der Waals surface area contributed by atoms with E-state index in [4.69, 9.17) is 9.47 Å². The topological polar surface area (TPSA) is 69.5 Å². The normalized spacial score (nSPS) is 20.4. The number of likely N-dealkylation sites (tertiary alicyclic amines) is 1. The lowest BCUT2D eigenvalue weighted by atomic mass is 9.87. The number of Topliss-reactive ketones (excluding diaryl/α,β-unsaturated/α-hetero) is 1. The second-order valence-electron chi connectivity index (χ2n) is 11.9. The third kappa shape index (κ3) is 5.40. The first-order chi connectivity index (χ1) is 20.4. The van der Waals surface area contributed by atoms with Gasteiger partial charge in [-0.25, -0.2) is 9.07 Å². The van der Waals surface area contributed by atoms with Crippen LogP contribution in [0.3, 0.4) is 0 Å². The Bertz CT molecular complexity index is 1580. The summed E-state index contributed by atoms with van der Waals surface area (Å²) >= 11 is 0. The second kappa shape index (κ2) is 11.8. The van der Waals surface area contributed by atoms with Crippen molar-refractivity contribution in [1.29, 1.82) is 0 Å². The van der Waals surface area contributed by atoms with Crippen molar-refractivity contribution < 1.29 is 18.7 Å². The molecule has 8 heteroatoms. The van der Waals surface area contributed by atoms with Crippen LogP contribution in [0.15, 0.2) is 54.6 Å². The van der Waals surface area contributed by atoms with E-state index >= 15 is 0 Å². The highest BCUT2D eigenvalue weighted by molar-refractivity contribution is 5.99. The smallest absolute Gasteiger partial charge is 0.163 e. The summed E-state index contributed by atoms with van der Waals surface area (Å²) in [6.07, 6.45) is 3.86. The van der Waals surface area contributed by atoms with Crippen LogP contribution in [-0.4, -0.2) is 52.0 Å². The van der Waals surface area contributed by atoms with E-state index in [-0.39, 0.29) is 17.6 Å². The predicted octanol–water partition coefficient (Wildman–Crippen LogP) is 7.10. The second-order valence-corrected chi connectivity index (χ2v) is 11.9. The fourth-order valence-corrected chi connectivity index (χ4v) is 7.09. The van der Waals surface area contributed by atoms with Gasteiger partial charge in [0, 0.05) is 30.6 Å². The van der Waals surface area contributed by atoms with Gasteiger partial charge in [-0.05, 0) is 112 Å². The number of aromatic nitrogens is 3. The Morgan fingerprint density at radius 3 is 2.57 bits per heavy atom. The maximum absolute atomic E-state index is 13.6. The maximum Gasteiger partial charge on any atom is 0.163 e. The number of hydrogen-bond donors (Lipinski definition) is 0. The van der Waals surface area contributed by atoms with Gasteiger partial charge in [-0.2, -0.15) is 0 Å². The molecule has 7 nitrogen and oxygen atoms in total. The Labute approximate surface area is 246 Å². The molecule has 0 radical (unpaired) electrons. The van der Waals surface area contributed by atoms with Gasteiger partial charge in [0.15, 0.2) is 5.78 Å². The van der Waals surface area contributed by atoms with E-state index in [0.29, 0.717) is 30.9 Å². The molecule has 3 atom stereocenters. The van der Waals surface area contributed by atoms with Crippen molar-refractivity contribution in [1.82, 2.24) is 19.9 Å². The molecule has 0 N–H and O–H groups in total. The average molecular weight is 571 g/mol. The number of nitrogens with zero attached hydrogens (tertiary/aromatic N) is 4. The van der Waals surface area contributed by atoms with Crippen LogP contribution in [0.25, 0.3) is 22.2 Å². The van der Waals surface area contributed by atoms with Crippen molar-refractivity contribution in [2.45, 2.75) is 65.1 Å². The maximum atomic E-state index is 13.6. The first-order valence-corrected chi connectivity index (χ1v) is 15.1. The highest BCUT2D eigenvalue weighted by atomic mass is 19.1. The first-order valence-electron chi connectivity index (χ1n) is 15.1. The molecule has 0 bridgehead atoms. The van der Waals surface area contributed by atoms with Crippen molar-refractivity contribution in [2.24, 2.45) is 11.8 Å². The Balaban J connectivity index is 1.16. The lowest BCUT2D eigenvalue weighted by Crippen LogP contribution is -2.30. The predicted molar refractivity (Wildman–Crippen MR) is 161 cm³/mol. The van der Waals surface area contributed by atoms with Crippen LogP contribution in [0.4, 0.5) is 4.39 Å². The van der Waals surface area contributed by atoms with Gasteiger partial charge in [0.1, 0.15) is 22.8 Å². The molecular weight excluding hydrogens is 531 g/mol. The zero-order valence-corrected chi connectivity index (χ0v) is 24.8. The summed E-state index contributed by atoms with van der Waals surface area (Å²) in [7, 11) is 1.66. The number of hydrogen-bond acceptors (Lipinski definition) is 6. The monoisotopic (exact) mass is 570 g/mol. The summed E-state index contributed by atoms with van der Waals surface area (Å²) in [6.45, 7) is 8.44. The van der Waals surface area contributed by atoms with E-state index in [0.717, 1.165) is 77.1 Å². The lowest BCUT2D eigenvalue weighted by molar-refractivity contribution is 0.0949. The third-order valence-electron chi connectivity index (χ3n) is 9.05. The minimum Gasteiger partial charge on any atom is -0.496 e. The van der Waals surface area contributed by atoms with E-state index in [9.17, 15) is 9.18 Å². The van der Waals surface area contributed by atoms with Gasteiger partial charge in [-0.1, -0.05) is 17.3 Å². The molecule has 6 rings (SSSR count). The molecule has 1 saturated carbocycles. The fourth-order valence-electron chi connectivity index (χ4n) is 7.09. The summed E-state index contributed by atoms with van der Waals surface area (Å²) in [4.78, 5) is 15.9. The molecule has 3 aromatic carbocycles. The molecule has 42 heavy (non-hydrogen) atoms. The molecule has 1 aliphatic heterocycles. The molecule has 4 aromatic rings. The zero-order valence-electron chi connectivity index (χ0n) is 24.8. The van der Waals surface area contributed by atoms with Gasteiger partial charge in [-0.3, -0.25) is 9.69 Å². The largest absolute Gasteiger partial charge is 0.496 e. The summed E-state index contributed by atoms with van der Waals surface area (Å²) in [5.41, 5.74) is 5.29. The SMILES string of the molecule is CCOc1cc(CN2CC[C@H]3C(CC(=O)c4ccc5c(c4)nnn5C(C)C)CC[C@H]32)cc(OC)c1-c1ccc(F)cc1. The van der Waals surface area contributed by atoms with Crippen molar-refractivity contribution in [2.75, 3.05) is 20.3 Å². The third-order valence-corrected chi connectivity index (χ3v) is 9.05. The molecule has 1 aliphatic carbocycles. The summed E-state index contributed by atoms with van der Waals surface area (Å²) < 4.78 is 27.4. The number of ether oxygens (including phenoxy) is 2. The minimum atomic E-state index is -0.274. The molecule has 2 fully saturated rings. The number of benzene rings is 3. The number of halogens is 1. The molecule has 2 heterocycles. The van der Waals surface area contributed by atoms with E-state index in [1.54, 1.807) is 19.2 Å². The van der Waals surface area contributed by atoms with E-state index in [2.05, 4.69) is 41.2 Å². The number of carbonyl (C=O) groups excluding carboxylic acids is 1. The number of fused-ring (bicyclic) bond motifs is 2. The van der Waals surface area contributed by atoms with Crippen molar-refractivity contribution >= 4 is 16.8 Å². The highest BCUT2D eigenvalue weighted by Crippen LogP contribution is 2.46. The molecule has 220 valence electrons. The first kappa shape index (κ1) is 28.3. The summed E-state index contributed by atoms with van der Waals surface area (Å²) in [6, 6.07) is 17.1. The van der Waals surface area contributed by atoms with Gasteiger partial charge in [0.25, 0.3) is 0 Å². The van der Waals surface area contributed by atoms with E-state index in [1.807, 2.05) is 29.8 Å². The number of ketones is 1. The van der Waals surface area contributed by atoms with E-state index in [1.165, 1.54) is 12.1 Å². The van der Waals surface area contributed by atoms with Crippen LogP contribution in [0, 0.1) is 17.7 Å². The molecular formula is C34H39FN4O3. The van der Waals surface area contributed by atoms with Gasteiger partial charge in [0.05, 0.1) is 24.8 Å². The minimum absolute atomic E-state index is 0.197. The Morgan fingerprint density at radius 2 is 1.83 bits per heavy atom. The number of rotatable bonds is 10. The average Bonchev–Trinajstić information content (AvgIpc) is 3.70. The summed E-state index contributed by atoms with van der Waals surface area (Å²) in [5.74, 6) is 2.30. The number of methoxy groups -OCH3 is 1. The van der Waals surface area contributed by atoms with Crippen LogP contribution in [0.5, 0.6) is 11.5 Å². The Kier molecular flexibility index (Phi) is 7.99. The molecule has 1 unspecified atom stereocenters. The fraction of sp³-hybridized carbons (Fsp3) is 0.441.